The fourth-order valence-corrected chi connectivity index (χ4v) is 3.64. The van der Waals surface area contributed by atoms with E-state index < -0.39 is 6.03 Å². The van der Waals surface area contributed by atoms with Crippen LogP contribution < -0.4 is 5.73 Å². The van der Waals surface area contributed by atoms with Crippen molar-refractivity contribution in [2.24, 2.45) is 11.7 Å². The van der Waals surface area contributed by atoms with Gasteiger partial charge in [0, 0.05) is 9.75 Å². The van der Waals surface area contributed by atoms with Crippen molar-refractivity contribution in [3.8, 4) is 10.4 Å². The number of thiophene rings is 1. The fraction of sp³-hybridized carbons (Fsp3) is 0.267. The average molecular weight is 288 g/mol. The molecule has 1 aliphatic rings. The quantitative estimate of drug-likeness (QED) is 0.669. The molecule has 3 N–H and O–H groups in total. The van der Waals surface area contributed by atoms with E-state index in [1.54, 1.807) is 11.3 Å². The van der Waals surface area contributed by atoms with Crippen molar-refractivity contribution in [1.29, 1.82) is 0 Å². The molecular weight excluding hydrogens is 272 g/mol. The van der Waals surface area contributed by atoms with Crippen molar-refractivity contribution >= 4 is 17.4 Å². The van der Waals surface area contributed by atoms with Crippen LogP contribution in [-0.4, -0.2) is 22.8 Å². The van der Waals surface area contributed by atoms with Crippen LogP contribution in [0.25, 0.3) is 10.4 Å². The number of carbonyl (C=O) groups excluding carboxylic acids is 1. The van der Waals surface area contributed by atoms with Crippen molar-refractivity contribution in [2.45, 2.75) is 12.3 Å². The highest BCUT2D eigenvalue weighted by atomic mass is 32.1. The van der Waals surface area contributed by atoms with Gasteiger partial charge in [-0.3, -0.25) is 5.21 Å². The Kier molecular flexibility index (Phi) is 3.46. The van der Waals surface area contributed by atoms with Gasteiger partial charge in [0.15, 0.2) is 0 Å². The summed E-state index contributed by atoms with van der Waals surface area (Å²) in [5, 5.41) is 9.95. The van der Waals surface area contributed by atoms with Crippen molar-refractivity contribution in [2.75, 3.05) is 6.54 Å². The lowest BCUT2D eigenvalue weighted by Crippen LogP contribution is -2.34. The van der Waals surface area contributed by atoms with Crippen molar-refractivity contribution in [3.63, 3.8) is 0 Å². The molecule has 20 heavy (non-hydrogen) atoms. The highest BCUT2D eigenvalue weighted by Crippen LogP contribution is 2.50. The van der Waals surface area contributed by atoms with Crippen LogP contribution in [0.3, 0.4) is 0 Å². The molecule has 5 heteroatoms. The lowest BCUT2D eigenvalue weighted by atomic mass is 10.2. The summed E-state index contributed by atoms with van der Waals surface area (Å²) >= 11 is 1.78. The van der Waals surface area contributed by atoms with Gasteiger partial charge in [-0.25, -0.2) is 9.86 Å². The van der Waals surface area contributed by atoms with Gasteiger partial charge in [-0.05, 0) is 36.0 Å². The molecule has 0 aliphatic heterocycles. The third-order valence-corrected chi connectivity index (χ3v) is 4.90. The van der Waals surface area contributed by atoms with Gasteiger partial charge < -0.3 is 5.73 Å². The standard InChI is InChI=1S/C15H16N2O2S/c16-15(18)17(19)9-11-8-12(11)14-7-6-13(20-14)10-4-2-1-3-5-10/h1-7,11-12,19H,8-9H2,(H2,16,18)/t11-,12+/m0/s1. The number of urea groups is 1. The van der Waals surface area contributed by atoms with Gasteiger partial charge in [-0.1, -0.05) is 30.3 Å². The lowest BCUT2D eigenvalue weighted by molar-refractivity contribution is -0.0431. The molecule has 1 heterocycles. The lowest BCUT2D eigenvalue weighted by Gasteiger charge is -2.10. The molecule has 1 saturated carbocycles. The van der Waals surface area contributed by atoms with Gasteiger partial charge >= 0.3 is 6.03 Å². The van der Waals surface area contributed by atoms with E-state index in [1.165, 1.54) is 15.3 Å². The maximum Gasteiger partial charge on any atom is 0.338 e. The summed E-state index contributed by atoms with van der Waals surface area (Å²) in [7, 11) is 0. The number of benzene rings is 1. The molecule has 2 atom stereocenters. The molecule has 1 aromatic heterocycles. The van der Waals surface area contributed by atoms with Gasteiger partial charge in [-0.15, -0.1) is 11.3 Å². The second-order valence-corrected chi connectivity index (χ2v) is 6.21. The summed E-state index contributed by atoms with van der Waals surface area (Å²) < 4.78 is 0. The maximum atomic E-state index is 10.8. The van der Waals surface area contributed by atoms with E-state index in [9.17, 15) is 10.0 Å². The maximum absolute atomic E-state index is 10.8. The third-order valence-electron chi connectivity index (χ3n) is 3.63. The normalized spacial score (nSPS) is 20.6. The number of amides is 2. The predicted molar refractivity (Wildman–Crippen MR) is 78.7 cm³/mol. The van der Waals surface area contributed by atoms with Gasteiger partial charge in [-0.2, -0.15) is 0 Å². The summed E-state index contributed by atoms with van der Waals surface area (Å²) in [4.78, 5) is 13.4. The second kappa shape index (κ2) is 5.26. The Bertz CT molecular complexity index is 611. The number of rotatable bonds is 4. The zero-order chi connectivity index (χ0) is 14.1. The van der Waals surface area contributed by atoms with Crippen molar-refractivity contribution < 1.29 is 10.0 Å². The Morgan fingerprint density at radius 2 is 2.05 bits per heavy atom. The molecule has 1 fully saturated rings. The number of nitrogens with two attached hydrogens (primary N) is 1. The van der Waals surface area contributed by atoms with Gasteiger partial charge in [0.05, 0.1) is 6.54 Å². The van der Waals surface area contributed by atoms with Crippen LogP contribution >= 0.6 is 11.3 Å². The van der Waals surface area contributed by atoms with Crippen LogP contribution in [0, 0.1) is 5.92 Å². The minimum Gasteiger partial charge on any atom is -0.350 e. The van der Waals surface area contributed by atoms with E-state index in [1.807, 2.05) is 18.2 Å². The number of hydroxylamine groups is 2. The molecule has 0 radical (unpaired) electrons. The second-order valence-electron chi connectivity index (χ2n) is 5.09. The average Bonchev–Trinajstić information content (AvgIpc) is 3.03. The SMILES string of the molecule is NC(=O)N(O)C[C@@H]1C[C@H]1c1ccc(-c2ccccc2)s1. The van der Waals surface area contributed by atoms with Crippen molar-refractivity contribution in [1.82, 2.24) is 5.06 Å². The summed E-state index contributed by atoms with van der Waals surface area (Å²) in [6.45, 7) is 0.318. The number of primary amides is 1. The number of carbonyl (C=O) groups is 1. The molecule has 1 aromatic carbocycles. The van der Waals surface area contributed by atoms with Crippen molar-refractivity contribution in [3.05, 3.63) is 47.3 Å². The Labute approximate surface area is 121 Å². The Balaban J connectivity index is 1.66. The third kappa shape index (κ3) is 2.69. The summed E-state index contributed by atoms with van der Waals surface area (Å²) in [5.74, 6) is 0.751. The molecular formula is C15H16N2O2S. The Hall–Kier alpha value is -1.85. The molecule has 0 spiro atoms. The topological polar surface area (TPSA) is 66.6 Å². The van der Waals surface area contributed by atoms with Crippen LogP contribution in [0.2, 0.25) is 0 Å². The van der Waals surface area contributed by atoms with Gasteiger partial charge in [0.2, 0.25) is 0 Å². The molecule has 2 amide bonds. The zero-order valence-electron chi connectivity index (χ0n) is 10.9. The summed E-state index contributed by atoms with van der Waals surface area (Å²) in [5.41, 5.74) is 6.24. The van der Waals surface area contributed by atoms with Crippen LogP contribution in [0.1, 0.15) is 17.2 Å². The monoisotopic (exact) mass is 288 g/mol. The van der Waals surface area contributed by atoms with Gasteiger partial charge in [0.25, 0.3) is 0 Å². The number of nitrogens with zero attached hydrogens (tertiary/aromatic N) is 1. The molecule has 4 nitrogen and oxygen atoms in total. The largest absolute Gasteiger partial charge is 0.350 e. The van der Waals surface area contributed by atoms with E-state index in [-0.39, 0.29) is 0 Å². The Morgan fingerprint density at radius 1 is 1.30 bits per heavy atom. The van der Waals surface area contributed by atoms with E-state index in [2.05, 4.69) is 24.3 Å². The molecule has 0 saturated heterocycles. The van der Waals surface area contributed by atoms with E-state index in [0.29, 0.717) is 23.4 Å². The highest BCUT2D eigenvalue weighted by Gasteiger charge is 2.40. The van der Waals surface area contributed by atoms with Gasteiger partial charge in [0.1, 0.15) is 0 Å². The first-order valence-corrected chi connectivity index (χ1v) is 7.38. The smallest absolute Gasteiger partial charge is 0.338 e. The van der Waals surface area contributed by atoms with Crippen LogP contribution in [0.4, 0.5) is 4.79 Å². The first-order valence-electron chi connectivity index (χ1n) is 6.56. The zero-order valence-corrected chi connectivity index (χ0v) is 11.7. The molecule has 1 aliphatic carbocycles. The molecule has 3 rings (SSSR count). The predicted octanol–water partition coefficient (Wildman–Crippen LogP) is 3.29. The summed E-state index contributed by atoms with van der Waals surface area (Å²) in [6, 6.07) is 13.8. The molecule has 2 aromatic rings. The fourth-order valence-electron chi connectivity index (χ4n) is 2.42. The number of hydrogen-bond acceptors (Lipinski definition) is 3. The van der Waals surface area contributed by atoms with E-state index >= 15 is 0 Å². The van der Waals surface area contributed by atoms with Crippen LogP contribution in [0.5, 0.6) is 0 Å². The summed E-state index contributed by atoms with van der Waals surface area (Å²) in [6.07, 6.45) is 0.999. The van der Waals surface area contributed by atoms with Crippen LogP contribution in [-0.2, 0) is 0 Å². The van der Waals surface area contributed by atoms with Crippen LogP contribution in [0.15, 0.2) is 42.5 Å². The first-order chi connectivity index (χ1) is 9.65. The van der Waals surface area contributed by atoms with E-state index in [0.717, 1.165) is 6.42 Å². The minimum absolute atomic E-state index is 0.315. The van der Waals surface area contributed by atoms with E-state index in [4.69, 9.17) is 5.73 Å². The highest BCUT2D eigenvalue weighted by molar-refractivity contribution is 7.15. The first kappa shape index (κ1) is 13.1. The Morgan fingerprint density at radius 3 is 2.75 bits per heavy atom. The number of hydrogen-bond donors (Lipinski definition) is 2. The minimum atomic E-state index is -0.785. The molecule has 0 unspecified atom stereocenters. The molecule has 104 valence electrons. The molecule has 0 bridgehead atoms.